The van der Waals surface area contributed by atoms with Gasteiger partial charge in [-0.1, -0.05) is 43.7 Å². The maximum absolute atomic E-state index is 10.3. The molecule has 0 heterocycles. The van der Waals surface area contributed by atoms with Crippen molar-refractivity contribution < 1.29 is 5.11 Å². The fraction of sp³-hybridized carbons (Fsp3) is 0.667. The van der Waals surface area contributed by atoms with E-state index in [4.69, 9.17) is 0 Å². The molecule has 3 atom stereocenters. The Labute approximate surface area is 123 Å². The van der Waals surface area contributed by atoms with Crippen molar-refractivity contribution in [3.63, 3.8) is 0 Å². The Bertz CT molecular complexity index is 429. The Morgan fingerprint density at radius 1 is 1.30 bits per heavy atom. The van der Waals surface area contributed by atoms with Gasteiger partial charge in [0.1, 0.15) is 0 Å². The molecule has 1 aromatic carbocycles. The SMILES string of the molecule is Cc1cccc(CN(C)C2CC(C(C)C)CCC2O)c1. The first-order valence-corrected chi connectivity index (χ1v) is 7.91. The molecule has 1 aromatic rings. The van der Waals surface area contributed by atoms with Crippen molar-refractivity contribution in [3.8, 4) is 0 Å². The first-order chi connectivity index (χ1) is 9.47. The molecule has 2 nitrogen and oxygen atoms in total. The second-order valence-corrected chi connectivity index (χ2v) is 6.86. The van der Waals surface area contributed by atoms with Crippen LogP contribution >= 0.6 is 0 Å². The number of rotatable bonds is 4. The average Bonchev–Trinajstić information content (AvgIpc) is 2.38. The molecule has 112 valence electrons. The number of aliphatic hydroxyl groups excluding tert-OH is 1. The predicted molar refractivity (Wildman–Crippen MR) is 84.6 cm³/mol. The molecule has 0 radical (unpaired) electrons. The number of aryl methyl sites for hydroxylation is 1. The molecule has 0 saturated heterocycles. The molecule has 1 fully saturated rings. The van der Waals surface area contributed by atoms with Gasteiger partial charge in [-0.15, -0.1) is 0 Å². The second-order valence-electron chi connectivity index (χ2n) is 6.86. The Morgan fingerprint density at radius 3 is 2.70 bits per heavy atom. The van der Waals surface area contributed by atoms with E-state index in [2.05, 4.69) is 57.0 Å². The van der Waals surface area contributed by atoms with E-state index >= 15 is 0 Å². The van der Waals surface area contributed by atoms with Crippen LogP contribution in [0.5, 0.6) is 0 Å². The second kappa shape index (κ2) is 6.73. The highest BCUT2D eigenvalue weighted by Crippen LogP contribution is 2.32. The summed E-state index contributed by atoms with van der Waals surface area (Å²) in [7, 11) is 2.15. The zero-order valence-corrected chi connectivity index (χ0v) is 13.3. The van der Waals surface area contributed by atoms with E-state index in [1.807, 2.05) is 0 Å². The molecule has 2 heteroatoms. The van der Waals surface area contributed by atoms with Crippen LogP contribution in [0.3, 0.4) is 0 Å². The number of hydrogen-bond donors (Lipinski definition) is 1. The lowest BCUT2D eigenvalue weighted by Gasteiger charge is -2.40. The van der Waals surface area contributed by atoms with Gasteiger partial charge in [0.05, 0.1) is 6.10 Å². The minimum Gasteiger partial charge on any atom is -0.391 e. The Hall–Kier alpha value is -0.860. The fourth-order valence-corrected chi connectivity index (χ4v) is 3.46. The van der Waals surface area contributed by atoms with Crippen LogP contribution in [0.15, 0.2) is 24.3 Å². The normalized spacial score (nSPS) is 27.2. The molecule has 0 aromatic heterocycles. The molecule has 1 N–H and O–H groups in total. The lowest BCUT2D eigenvalue weighted by Crippen LogP contribution is -2.45. The monoisotopic (exact) mass is 275 g/mol. The molecule has 1 aliphatic rings. The summed E-state index contributed by atoms with van der Waals surface area (Å²) in [6.45, 7) is 7.67. The largest absolute Gasteiger partial charge is 0.391 e. The van der Waals surface area contributed by atoms with Crippen molar-refractivity contribution in [1.29, 1.82) is 0 Å². The summed E-state index contributed by atoms with van der Waals surface area (Å²) in [4.78, 5) is 2.34. The third-order valence-corrected chi connectivity index (χ3v) is 4.85. The van der Waals surface area contributed by atoms with Gasteiger partial charge < -0.3 is 5.11 Å². The van der Waals surface area contributed by atoms with Gasteiger partial charge in [0.15, 0.2) is 0 Å². The van der Waals surface area contributed by atoms with Crippen LogP contribution in [0.4, 0.5) is 0 Å². The zero-order chi connectivity index (χ0) is 14.7. The van der Waals surface area contributed by atoms with Crippen LogP contribution in [0.2, 0.25) is 0 Å². The first kappa shape index (κ1) is 15.5. The number of likely N-dealkylation sites (N-methyl/N-ethyl adjacent to an activating group) is 1. The minimum atomic E-state index is -0.167. The van der Waals surface area contributed by atoms with Gasteiger partial charge in [0.25, 0.3) is 0 Å². The Balaban J connectivity index is 2.01. The van der Waals surface area contributed by atoms with Gasteiger partial charge in [0, 0.05) is 12.6 Å². The lowest BCUT2D eigenvalue weighted by molar-refractivity contribution is 0.00315. The van der Waals surface area contributed by atoms with Gasteiger partial charge in [-0.3, -0.25) is 4.90 Å². The highest BCUT2D eigenvalue weighted by atomic mass is 16.3. The van der Waals surface area contributed by atoms with E-state index in [9.17, 15) is 5.11 Å². The fourth-order valence-electron chi connectivity index (χ4n) is 3.46. The molecule has 2 rings (SSSR count). The predicted octanol–water partition coefficient (Wildman–Crippen LogP) is 3.61. The molecule has 0 amide bonds. The van der Waals surface area contributed by atoms with E-state index in [1.165, 1.54) is 17.5 Å². The van der Waals surface area contributed by atoms with Crippen LogP contribution in [0.1, 0.15) is 44.2 Å². The van der Waals surface area contributed by atoms with E-state index in [0.717, 1.165) is 31.2 Å². The molecule has 0 spiro atoms. The van der Waals surface area contributed by atoms with E-state index < -0.39 is 0 Å². The van der Waals surface area contributed by atoms with Gasteiger partial charge in [-0.25, -0.2) is 0 Å². The summed E-state index contributed by atoms with van der Waals surface area (Å²) >= 11 is 0. The standard InChI is InChI=1S/C18H29NO/c1-13(2)16-8-9-18(20)17(11-16)19(4)12-15-7-5-6-14(3)10-15/h5-7,10,13,16-18,20H,8-9,11-12H2,1-4H3. The van der Waals surface area contributed by atoms with Gasteiger partial charge in [-0.05, 0) is 50.6 Å². The van der Waals surface area contributed by atoms with Crippen LogP contribution < -0.4 is 0 Å². The molecule has 1 saturated carbocycles. The summed E-state index contributed by atoms with van der Waals surface area (Å²) in [6.07, 6.45) is 3.08. The third-order valence-electron chi connectivity index (χ3n) is 4.85. The van der Waals surface area contributed by atoms with Crippen LogP contribution in [0, 0.1) is 18.8 Å². The molecule has 1 aliphatic carbocycles. The lowest BCUT2D eigenvalue weighted by atomic mass is 9.77. The molecular formula is C18H29NO. The number of nitrogens with zero attached hydrogens (tertiary/aromatic N) is 1. The molecule has 0 bridgehead atoms. The molecular weight excluding hydrogens is 246 g/mol. The van der Waals surface area contributed by atoms with Crippen molar-refractivity contribution in [1.82, 2.24) is 4.90 Å². The smallest absolute Gasteiger partial charge is 0.0695 e. The summed E-state index contributed by atoms with van der Waals surface area (Å²) in [5.74, 6) is 1.47. The van der Waals surface area contributed by atoms with E-state index in [0.29, 0.717) is 6.04 Å². The number of hydrogen-bond acceptors (Lipinski definition) is 2. The summed E-state index contributed by atoms with van der Waals surface area (Å²) in [6, 6.07) is 8.97. The zero-order valence-electron chi connectivity index (χ0n) is 13.3. The van der Waals surface area contributed by atoms with Crippen molar-refractivity contribution in [2.24, 2.45) is 11.8 Å². The maximum atomic E-state index is 10.3. The van der Waals surface area contributed by atoms with Crippen molar-refractivity contribution in [2.75, 3.05) is 7.05 Å². The van der Waals surface area contributed by atoms with Crippen LogP contribution in [-0.2, 0) is 6.54 Å². The van der Waals surface area contributed by atoms with E-state index in [-0.39, 0.29) is 6.10 Å². The van der Waals surface area contributed by atoms with Crippen molar-refractivity contribution >= 4 is 0 Å². The van der Waals surface area contributed by atoms with Crippen LogP contribution in [0.25, 0.3) is 0 Å². The number of aliphatic hydroxyl groups is 1. The Kier molecular flexibility index (Phi) is 5.22. The van der Waals surface area contributed by atoms with Crippen molar-refractivity contribution in [3.05, 3.63) is 35.4 Å². The Morgan fingerprint density at radius 2 is 2.05 bits per heavy atom. The van der Waals surface area contributed by atoms with Crippen molar-refractivity contribution in [2.45, 2.75) is 58.7 Å². The quantitative estimate of drug-likeness (QED) is 0.907. The highest BCUT2D eigenvalue weighted by molar-refractivity contribution is 5.22. The molecule has 3 unspecified atom stereocenters. The first-order valence-electron chi connectivity index (χ1n) is 7.91. The van der Waals surface area contributed by atoms with Gasteiger partial charge >= 0.3 is 0 Å². The number of benzene rings is 1. The van der Waals surface area contributed by atoms with E-state index in [1.54, 1.807) is 0 Å². The summed E-state index contributed by atoms with van der Waals surface area (Å²) in [5, 5.41) is 10.3. The minimum absolute atomic E-state index is 0.167. The third kappa shape index (κ3) is 3.83. The summed E-state index contributed by atoms with van der Waals surface area (Å²) < 4.78 is 0. The topological polar surface area (TPSA) is 23.5 Å². The van der Waals surface area contributed by atoms with Gasteiger partial charge in [0.2, 0.25) is 0 Å². The maximum Gasteiger partial charge on any atom is 0.0695 e. The van der Waals surface area contributed by atoms with Crippen LogP contribution in [-0.4, -0.2) is 29.2 Å². The average molecular weight is 275 g/mol. The molecule has 20 heavy (non-hydrogen) atoms. The van der Waals surface area contributed by atoms with Gasteiger partial charge in [-0.2, -0.15) is 0 Å². The summed E-state index contributed by atoms with van der Waals surface area (Å²) in [5.41, 5.74) is 2.64. The molecule has 0 aliphatic heterocycles. The highest BCUT2D eigenvalue weighted by Gasteiger charge is 2.32.